The maximum Gasteiger partial charge on any atom is 0.370 e. The SMILES string of the molecule is CC#N.C[N+](C)(C)c1ccc(/C=C(\O)C(=O)O)cc1.C[N+](C)(C)c1ccc(/C=C(\O)C(=O)O)cc1.O.[I-].[I-]. The van der Waals surface area contributed by atoms with E-state index < -0.39 is 23.5 Å². The van der Waals surface area contributed by atoms with Gasteiger partial charge in [0.25, 0.3) is 0 Å². The summed E-state index contributed by atoms with van der Waals surface area (Å²) in [4.78, 5) is 20.8. The summed E-state index contributed by atoms with van der Waals surface area (Å²) in [5.74, 6) is -3.96. The molecule has 6 N–H and O–H groups in total. The van der Waals surface area contributed by atoms with Gasteiger partial charge in [0, 0.05) is 6.92 Å². The molecule has 0 aliphatic carbocycles. The van der Waals surface area contributed by atoms with Gasteiger partial charge >= 0.3 is 11.9 Å². The van der Waals surface area contributed by atoms with E-state index in [1.807, 2.05) is 66.6 Å². The van der Waals surface area contributed by atoms with E-state index in [1.54, 1.807) is 30.3 Å². The van der Waals surface area contributed by atoms with E-state index in [0.29, 0.717) is 20.1 Å². The topological polar surface area (TPSA) is 170 Å². The van der Waals surface area contributed by atoms with Crippen molar-refractivity contribution in [1.82, 2.24) is 8.97 Å². The number of aliphatic carboxylic acids is 2. The van der Waals surface area contributed by atoms with E-state index in [2.05, 4.69) is 0 Å². The van der Waals surface area contributed by atoms with E-state index in [9.17, 15) is 9.59 Å². The lowest BCUT2D eigenvalue weighted by Crippen LogP contribution is -3.00. The Hall–Kier alpha value is -2.71. The highest BCUT2D eigenvalue weighted by Gasteiger charge is 2.12. The van der Waals surface area contributed by atoms with Crippen molar-refractivity contribution < 1.29 is 83.4 Å². The summed E-state index contributed by atoms with van der Waals surface area (Å²) in [6.45, 7) is 1.43. The molecule has 0 radical (unpaired) electrons. The Morgan fingerprint density at radius 3 is 1.03 bits per heavy atom. The molecule has 0 saturated carbocycles. The minimum atomic E-state index is -1.32. The van der Waals surface area contributed by atoms with Crippen molar-refractivity contribution in [3.8, 4) is 6.07 Å². The second kappa shape index (κ2) is 19.4. The van der Waals surface area contributed by atoms with Crippen molar-refractivity contribution in [2.45, 2.75) is 6.92 Å². The van der Waals surface area contributed by atoms with E-state index >= 15 is 0 Å². The fourth-order valence-corrected chi connectivity index (χ4v) is 2.47. The van der Waals surface area contributed by atoms with Crippen molar-refractivity contribution in [2.24, 2.45) is 0 Å². The third-order valence-electron chi connectivity index (χ3n) is 4.38. The second-order valence-corrected chi connectivity index (χ2v) is 9.10. The van der Waals surface area contributed by atoms with Gasteiger partial charge in [0.05, 0.1) is 48.4 Å². The summed E-state index contributed by atoms with van der Waals surface area (Å²) in [5.41, 5.74) is 3.54. The van der Waals surface area contributed by atoms with Crippen molar-refractivity contribution in [2.75, 3.05) is 42.3 Å². The number of halogens is 2. The molecule has 38 heavy (non-hydrogen) atoms. The van der Waals surface area contributed by atoms with Crippen LogP contribution in [0.5, 0.6) is 0 Å². The molecule has 0 aromatic heterocycles. The van der Waals surface area contributed by atoms with Crippen molar-refractivity contribution in [1.29, 1.82) is 5.26 Å². The zero-order chi connectivity index (χ0) is 27.4. The van der Waals surface area contributed by atoms with Gasteiger partial charge in [0.2, 0.25) is 11.5 Å². The number of hydrogen-bond donors (Lipinski definition) is 4. The number of quaternary nitrogens is 2. The number of hydrogen-bond acceptors (Lipinski definition) is 5. The molecule has 0 spiro atoms. The maximum absolute atomic E-state index is 10.4. The number of carboxylic acids is 2. The van der Waals surface area contributed by atoms with Crippen LogP contribution in [0.15, 0.2) is 60.0 Å². The minimum absolute atomic E-state index is 0. The molecule has 0 fully saturated rings. The first kappa shape index (κ1) is 42.4. The normalized spacial score (nSPS) is 10.8. The fourth-order valence-electron chi connectivity index (χ4n) is 2.47. The second-order valence-electron chi connectivity index (χ2n) is 9.10. The van der Waals surface area contributed by atoms with Gasteiger partial charge in [-0.1, -0.05) is 0 Å². The number of aliphatic hydroxyl groups is 2. The van der Waals surface area contributed by atoms with Crippen LogP contribution in [0.2, 0.25) is 0 Å². The van der Waals surface area contributed by atoms with Gasteiger partial charge in [0.1, 0.15) is 11.4 Å². The average molecular weight is 757 g/mol. The minimum Gasteiger partial charge on any atom is -1.00 e. The van der Waals surface area contributed by atoms with Crippen LogP contribution in [0.1, 0.15) is 18.1 Å². The molecule has 0 saturated heterocycles. The number of nitrogens with zero attached hydrogens (tertiary/aromatic N) is 3. The van der Waals surface area contributed by atoms with Crippen LogP contribution in [0.4, 0.5) is 11.4 Å². The zero-order valence-corrected chi connectivity index (χ0v) is 26.8. The summed E-state index contributed by atoms with van der Waals surface area (Å²) in [7, 11) is 12.2. The van der Waals surface area contributed by atoms with Crippen molar-refractivity contribution in [3.05, 3.63) is 71.2 Å². The smallest absolute Gasteiger partial charge is 0.370 e. The molecule has 0 aliphatic rings. The van der Waals surface area contributed by atoms with Crippen LogP contribution < -0.4 is 56.9 Å². The van der Waals surface area contributed by atoms with Gasteiger partial charge in [-0.15, -0.1) is 0 Å². The maximum atomic E-state index is 10.4. The van der Waals surface area contributed by atoms with Crippen LogP contribution >= 0.6 is 0 Å². The van der Waals surface area contributed by atoms with Crippen LogP contribution in [-0.4, -0.2) is 80.1 Å². The van der Waals surface area contributed by atoms with Gasteiger partial charge in [-0.25, -0.2) is 9.59 Å². The first-order valence-electron chi connectivity index (χ1n) is 10.5. The molecule has 0 heterocycles. The monoisotopic (exact) mass is 757 g/mol. The first-order valence-corrected chi connectivity index (χ1v) is 10.5. The van der Waals surface area contributed by atoms with Gasteiger partial charge < -0.3 is 73.9 Å². The Bertz CT molecular complexity index is 1010. The van der Waals surface area contributed by atoms with Crippen molar-refractivity contribution in [3.63, 3.8) is 0 Å². The molecule has 12 heteroatoms. The highest BCUT2D eigenvalue weighted by molar-refractivity contribution is 5.89. The molecule has 0 atom stereocenters. The summed E-state index contributed by atoms with van der Waals surface area (Å²) >= 11 is 0. The molecule has 2 aromatic rings. The number of carboxylic acid groups (broad SMARTS) is 2. The van der Waals surface area contributed by atoms with Gasteiger partial charge in [-0.2, -0.15) is 5.26 Å². The van der Waals surface area contributed by atoms with E-state index in [4.69, 9.17) is 25.7 Å². The highest BCUT2D eigenvalue weighted by Crippen LogP contribution is 2.19. The number of carbonyl (C=O) groups is 2. The molecule has 2 aromatic carbocycles. The molecule has 0 bridgehead atoms. The lowest BCUT2D eigenvalue weighted by atomic mass is 10.1. The van der Waals surface area contributed by atoms with Crippen LogP contribution in [0.3, 0.4) is 0 Å². The number of rotatable bonds is 6. The van der Waals surface area contributed by atoms with Gasteiger partial charge in [-0.05, 0) is 71.8 Å². The quantitative estimate of drug-likeness (QED) is 0.109. The van der Waals surface area contributed by atoms with Crippen LogP contribution in [0, 0.1) is 11.3 Å². The molecular weight excluding hydrogens is 720 g/mol. The number of benzene rings is 2. The van der Waals surface area contributed by atoms with E-state index in [0.717, 1.165) is 11.4 Å². The predicted molar refractivity (Wildman–Crippen MR) is 143 cm³/mol. The summed E-state index contributed by atoms with van der Waals surface area (Å²) < 4.78 is 1.38. The molecule has 0 aliphatic heterocycles. The van der Waals surface area contributed by atoms with Gasteiger partial charge in [0.15, 0.2) is 0 Å². The third kappa shape index (κ3) is 16.9. The van der Waals surface area contributed by atoms with Crippen LogP contribution in [-0.2, 0) is 9.59 Å². The number of nitriles is 1. The van der Waals surface area contributed by atoms with Crippen LogP contribution in [0.25, 0.3) is 12.2 Å². The summed E-state index contributed by atoms with van der Waals surface area (Å²) in [5, 5.41) is 42.5. The Balaban J connectivity index is -0.000000257. The zero-order valence-electron chi connectivity index (χ0n) is 22.5. The average Bonchev–Trinajstić information content (AvgIpc) is 2.74. The largest absolute Gasteiger partial charge is 1.00 e. The molecule has 10 nitrogen and oxygen atoms in total. The van der Waals surface area contributed by atoms with E-state index in [1.165, 1.54) is 19.1 Å². The van der Waals surface area contributed by atoms with Gasteiger partial charge in [-0.3, -0.25) is 8.97 Å². The Labute approximate surface area is 258 Å². The molecule has 0 unspecified atom stereocenters. The van der Waals surface area contributed by atoms with E-state index in [-0.39, 0.29) is 53.4 Å². The lowest BCUT2D eigenvalue weighted by Gasteiger charge is -2.23. The third-order valence-corrected chi connectivity index (χ3v) is 4.38. The predicted octanol–water partition coefficient (Wildman–Crippen LogP) is -2.55. The van der Waals surface area contributed by atoms with Crippen molar-refractivity contribution >= 4 is 35.5 Å². The fraction of sp³-hybridized carbons (Fsp3) is 0.269. The number of aliphatic hydroxyl groups excluding tert-OH is 2. The molecule has 212 valence electrons. The summed E-state index contributed by atoms with van der Waals surface area (Å²) in [6, 6.07) is 16.5. The molecule has 0 amide bonds. The standard InChI is InChI=1S/2C12H15NO3.C2H3N.2HI.H2O/c2*1-13(2,3)10-6-4-9(5-7-10)8-11(14)12(15)16;1-2-3;;;/h2*4-8H,1-3H3,(H-,14,15,16);1H3;2*1H;1H2/b2*11-8-;;;;. The highest BCUT2D eigenvalue weighted by atomic mass is 127. The molecular formula is C26H37I2N3O7. The Morgan fingerprint density at radius 1 is 0.658 bits per heavy atom. The lowest BCUT2D eigenvalue weighted by molar-refractivity contribution is -0.136. The first-order chi connectivity index (χ1) is 16.0. The Morgan fingerprint density at radius 2 is 0.868 bits per heavy atom. The Kier molecular flexibility index (Phi) is 21.6. The molecule has 2 rings (SSSR count). The summed E-state index contributed by atoms with van der Waals surface area (Å²) in [6.07, 6.45) is 2.45.